The van der Waals surface area contributed by atoms with Gasteiger partial charge in [0.05, 0.1) is 1.37 Å². The first-order chi connectivity index (χ1) is 15.7. The zero-order valence-corrected chi connectivity index (χ0v) is 17.6. The van der Waals surface area contributed by atoms with Crippen LogP contribution >= 0.6 is 0 Å². The van der Waals surface area contributed by atoms with Crippen LogP contribution in [0.3, 0.4) is 0 Å². The van der Waals surface area contributed by atoms with Crippen LogP contribution in [0.4, 0.5) is 0 Å². The van der Waals surface area contributed by atoms with Gasteiger partial charge in [-0.15, -0.1) is 0 Å². The summed E-state index contributed by atoms with van der Waals surface area (Å²) >= 11 is 0. The predicted octanol–water partition coefficient (Wildman–Crippen LogP) is 6.78. The number of aromatic nitrogens is 1. The fraction of sp³-hybridized carbons (Fsp3) is 0.577. The van der Waals surface area contributed by atoms with Gasteiger partial charge in [0.1, 0.15) is 7.05 Å². The monoisotopic (exact) mass is 372 g/mol. The summed E-state index contributed by atoms with van der Waals surface area (Å²) in [6.45, 7) is 5.31. The van der Waals surface area contributed by atoms with Crippen LogP contribution in [0.5, 0.6) is 0 Å². The van der Waals surface area contributed by atoms with Crippen molar-refractivity contribution in [3.05, 3.63) is 52.8 Å². The first kappa shape index (κ1) is 12.0. The molecule has 1 heteroatoms. The maximum atomic E-state index is 9.14. The summed E-state index contributed by atoms with van der Waals surface area (Å²) in [5.41, 5.74) is 1.48. The van der Waals surface area contributed by atoms with Crippen LogP contribution in [-0.2, 0) is 12.5 Å². The van der Waals surface area contributed by atoms with Gasteiger partial charge in [0, 0.05) is 26.6 Å². The SMILES string of the molecule is [2H]c1cc(C2([2H])CCC(C)(C)CC2)cc(C([2H])([2H])[2H])c1-c1cc(C(C)(C)C)[n+](C)cc1C([2H])([2H])[2H]. The lowest BCUT2D eigenvalue weighted by Crippen LogP contribution is -2.39. The van der Waals surface area contributed by atoms with Gasteiger partial charge in [-0.05, 0) is 72.9 Å². The van der Waals surface area contributed by atoms with Crippen LogP contribution in [0.2, 0.25) is 0 Å². The molecule has 1 aliphatic rings. The van der Waals surface area contributed by atoms with Gasteiger partial charge in [0.25, 0.3) is 0 Å². The molecule has 2 aromatic rings. The number of aryl methyl sites for hydroxylation is 3. The van der Waals surface area contributed by atoms with Crippen molar-refractivity contribution >= 4 is 0 Å². The Balaban J connectivity index is 2.34. The molecule has 1 fully saturated rings. The summed E-state index contributed by atoms with van der Waals surface area (Å²) in [5.74, 6) is -0.962. The molecule has 1 heterocycles. The Morgan fingerprint density at radius 1 is 1.11 bits per heavy atom. The maximum absolute atomic E-state index is 9.14. The molecule has 1 nitrogen and oxygen atoms in total. The minimum absolute atomic E-state index is 0.0137. The molecular weight excluding hydrogens is 326 g/mol. The lowest BCUT2D eigenvalue weighted by molar-refractivity contribution is -0.682. The van der Waals surface area contributed by atoms with E-state index >= 15 is 0 Å². The molecule has 1 aliphatic carbocycles. The molecular formula is C26H38N+. The summed E-state index contributed by atoms with van der Waals surface area (Å²) < 4.78 is 69.1. The number of hydrogen-bond donors (Lipinski definition) is 0. The lowest BCUT2D eigenvalue weighted by Gasteiger charge is -2.34. The number of benzene rings is 1. The van der Waals surface area contributed by atoms with E-state index in [2.05, 4.69) is 13.8 Å². The molecule has 27 heavy (non-hydrogen) atoms. The molecule has 0 radical (unpaired) electrons. The molecule has 0 amide bonds. The second-order valence-corrected chi connectivity index (χ2v) is 9.79. The standard InChI is InChI=1S/C26H38N/c1-18-15-21(20-11-13-26(6,7)14-12-20)9-10-22(18)23-16-24(25(3,4)5)27(8)17-19(23)2/h9-10,15-17,20H,11-14H2,1-8H3/q+1/i1D3,2D3,10D,20D. The summed E-state index contributed by atoms with van der Waals surface area (Å²) in [7, 11) is 1.78. The molecule has 1 aromatic carbocycles. The summed E-state index contributed by atoms with van der Waals surface area (Å²) in [4.78, 5) is 0. The van der Waals surface area contributed by atoms with E-state index in [1.54, 1.807) is 29.8 Å². The Kier molecular flexibility index (Phi) is 3.16. The van der Waals surface area contributed by atoms with Gasteiger partial charge in [0.15, 0.2) is 11.9 Å². The van der Waals surface area contributed by atoms with E-state index in [-0.39, 0.29) is 39.1 Å². The second kappa shape index (κ2) is 7.08. The van der Waals surface area contributed by atoms with Crippen molar-refractivity contribution in [2.45, 2.75) is 85.3 Å². The molecule has 0 saturated heterocycles. The first-order valence-corrected chi connectivity index (χ1v) is 9.86. The average Bonchev–Trinajstić information content (AvgIpc) is 2.67. The Morgan fingerprint density at radius 3 is 2.37 bits per heavy atom. The molecule has 0 unspecified atom stereocenters. The third kappa shape index (κ3) is 4.28. The third-order valence-corrected chi connectivity index (χ3v) is 5.87. The maximum Gasteiger partial charge on any atom is 0.187 e. The Morgan fingerprint density at radius 2 is 1.78 bits per heavy atom. The van der Waals surface area contributed by atoms with E-state index < -0.39 is 19.6 Å². The first-order valence-electron chi connectivity index (χ1n) is 13.9. The van der Waals surface area contributed by atoms with Gasteiger partial charge in [-0.25, -0.2) is 4.57 Å². The van der Waals surface area contributed by atoms with E-state index in [9.17, 15) is 0 Å². The van der Waals surface area contributed by atoms with Gasteiger partial charge < -0.3 is 0 Å². The van der Waals surface area contributed by atoms with E-state index in [4.69, 9.17) is 11.0 Å². The smallest absolute Gasteiger partial charge is 0.187 e. The molecule has 0 aliphatic heterocycles. The molecule has 0 spiro atoms. The zero-order valence-electron chi connectivity index (χ0n) is 25.6. The number of pyridine rings is 1. The average molecular weight is 373 g/mol. The van der Waals surface area contributed by atoms with Crippen molar-refractivity contribution < 1.29 is 15.5 Å². The third-order valence-electron chi connectivity index (χ3n) is 5.87. The highest BCUT2D eigenvalue weighted by Gasteiger charge is 2.28. The van der Waals surface area contributed by atoms with Crippen LogP contribution in [0.15, 0.2) is 30.4 Å². The van der Waals surface area contributed by atoms with E-state index in [0.29, 0.717) is 18.4 Å². The summed E-state index contributed by atoms with van der Waals surface area (Å²) in [5, 5.41) is 0. The normalized spacial score (nSPS) is 24.4. The van der Waals surface area contributed by atoms with Crippen LogP contribution in [0.25, 0.3) is 11.1 Å². The van der Waals surface area contributed by atoms with Gasteiger partial charge in [0.2, 0.25) is 0 Å². The highest BCUT2D eigenvalue weighted by atomic mass is 14.9. The number of rotatable bonds is 2. The van der Waals surface area contributed by atoms with Gasteiger partial charge in [-0.3, -0.25) is 0 Å². The van der Waals surface area contributed by atoms with E-state index in [1.807, 2.05) is 20.8 Å². The minimum Gasteiger partial charge on any atom is -0.204 e. The van der Waals surface area contributed by atoms with Gasteiger partial charge >= 0.3 is 0 Å². The topological polar surface area (TPSA) is 3.88 Å². The zero-order chi connectivity index (χ0) is 26.8. The molecule has 0 atom stereocenters. The van der Waals surface area contributed by atoms with Crippen LogP contribution in [-0.4, -0.2) is 0 Å². The molecule has 0 bridgehead atoms. The van der Waals surface area contributed by atoms with Crippen molar-refractivity contribution in [1.82, 2.24) is 0 Å². The lowest BCUT2D eigenvalue weighted by atomic mass is 9.71. The van der Waals surface area contributed by atoms with Crippen LogP contribution < -0.4 is 4.57 Å². The van der Waals surface area contributed by atoms with Gasteiger partial charge in [-0.1, -0.05) is 52.8 Å². The molecule has 1 saturated carbocycles. The van der Waals surface area contributed by atoms with Crippen LogP contribution in [0.1, 0.15) is 99.5 Å². The number of hydrogen-bond acceptors (Lipinski definition) is 0. The van der Waals surface area contributed by atoms with Gasteiger partial charge in [-0.2, -0.15) is 0 Å². The summed E-state index contributed by atoms with van der Waals surface area (Å²) in [6.07, 6.45) is 4.42. The summed E-state index contributed by atoms with van der Waals surface area (Å²) in [6, 6.07) is 4.80. The Labute approximate surface area is 178 Å². The van der Waals surface area contributed by atoms with E-state index in [0.717, 1.165) is 18.5 Å². The Hall–Kier alpha value is -1.63. The van der Waals surface area contributed by atoms with Crippen LogP contribution in [0, 0.1) is 19.1 Å². The highest BCUT2D eigenvalue weighted by molar-refractivity contribution is 5.70. The predicted molar refractivity (Wildman–Crippen MR) is 116 cm³/mol. The second-order valence-electron chi connectivity index (χ2n) is 9.79. The van der Waals surface area contributed by atoms with Crippen molar-refractivity contribution in [3.63, 3.8) is 0 Å². The van der Waals surface area contributed by atoms with E-state index in [1.165, 1.54) is 6.20 Å². The van der Waals surface area contributed by atoms with Crippen molar-refractivity contribution in [2.75, 3.05) is 0 Å². The number of nitrogens with zero attached hydrogens (tertiary/aromatic N) is 1. The Bertz CT molecular complexity index is 1110. The quantitative estimate of drug-likeness (QED) is 0.512. The molecule has 1 aromatic heterocycles. The van der Waals surface area contributed by atoms with Crippen molar-refractivity contribution in [1.29, 1.82) is 0 Å². The fourth-order valence-corrected chi connectivity index (χ4v) is 4.04. The minimum atomic E-state index is -2.57. The van der Waals surface area contributed by atoms with Crippen molar-refractivity contribution in [2.24, 2.45) is 12.5 Å². The molecule has 3 rings (SSSR count). The fourth-order valence-electron chi connectivity index (χ4n) is 4.04. The largest absolute Gasteiger partial charge is 0.204 e. The highest BCUT2D eigenvalue weighted by Crippen LogP contribution is 2.43. The molecule has 0 N–H and O–H groups in total. The van der Waals surface area contributed by atoms with Crippen molar-refractivity contribution in [3.8, 4) is 11.1 Å². The molecule has 146 valence electrons.